The summed E-state index contributed by atoms with van der Waals surface area (Å²) in [6.07, 6.45) is 9.94. The Kier molecular flexibility index (Phi) is 9.68. The Balaban J connectivity index is 0.946. The van der Waals surface area contributed by atoms with E-state index in [0.29, 0.717) is 12.0 Å². The molecule has 0 bridgehead atoms. The minimum atomic E-state index is 0.0732. The van der Waals surface area contributed by atoms with Crippen molar-refractivity contribution in [3.63, 3.8) is 0 Å². The number of rotatable bonds is 9. The second-order valence-corrected chi connectivity index (χ2v) is 14.0. The molecule has 2 amide bonds. The molecule has 1 aromatic heterocycles. The molecule has 9 nitrogen and oxygen atoms in total. The number of hydrogen-bond donors (Lipinski definition) is 3. The van der Waals surface area contributed by atoms with Crippen LogP contribution in [0.3, 0.4) is 0 Å². The third-order valence-corrected chi connectivity index (χ3v) is 11.1. The third kappa shape index (κ3) is 7.38. The Hall–Kier alpha value is -2.98. The van der Waals surface area contributed by atoms with Crippen LogP contribution in [0.2, 0.25) is 0 Å². The quantitative estimate of drug-likeness (QED) is 0.334. The minimum Gasteiger partial charge on any atom is -0.321 e. The fraction of sp³-hybridized carbons (Fsp3) is 0.611. The lowest BCUT2D eigenvalue weighted by Gasteiger charge is -2.41. The first-order valence-corrected chi connectivity index (χ1v) is 17.6. The first kappa shape index (κ1) is 30.7. The number of nitrogens with one attached hydrogen (secondary N) is 3. The van der Waals surface area contributed by atoms with E-state index >= 15 is 0 Å². The fourth-order valence-electron chi connectivity index (χ4n) is 8.46. The maximum absolute atomic E-state index is 13.1. The highest BCUT2D eigenvalue weighted by Gasteiger charge is 2.31. The van der Waals surface area contributed by atoms with Crippen molar-refractivity contribution in [3.8, 4) is 0 Å². The van der Waals surface area contributed by atoms with Crippen molar-refractivity contribution >= 4 is 22.6 Å². The molecule has 3 saturated heterocycles. The average Bonchev–Trinajstić information content (AvgIpc) is 3.48. The van der Waals surface area contributed by atoms with Crippen molar-refractivity contribution in [2.75, 3.05) is 77.3 Å². The number of hydrogen-bond acceptors (Lipinski definition) is 6. The highest BCUT2D eigenvalue weighted by molar-refractivity contribution is 5.91. The number of amides is 2. The number of nitrogens with zero attached hydrogens (tertiary/aromatic N) is 5. The van der Waals surface area contributed by atoms with Gasteiger partial charge in [0.25, 0.3) is 0 Å². The van der Waals surface area contributed by atoms with E-state index in [1.165, 1.54) is 74.1 Å². The molecule has 1 atom stereocenters. The predicted molar refractivity (Wildman–Crippen MR) is 182 cm³/mol. The van der Waals surface area contributed by atoms with Crippen LogP contribution in [0, 0.1) is 12.8 Å². The molecule has 3 aromatic rings. The molecule has 9 heteroatoms. The van der Waals surface area contributed by atoms with Gasteiger partial charge >= 0.3 is 6.03 Å². The maximum Gasteiger partial charge on any atom is 0.322 e. The number of piperazine rings is 1. The Morgan fingerprint density at radius 1 is 0.911 bits per heavy atom. The van der Waals surface area contributed by atoms with Crippen LogP contribution < -0.4 is 10.6 Å². The van der Waals surface area contributed by atoms with Gasteiger partial charge in [-0.2, -0.15) is 5.10 Å². The highest BCUT2D eigenvalue weighted by Crippen LogP contribution is 2.27. The zero-order valence-corrected chi connectivity index (χ0v) is 27.1. The van der Waals surface area contributed by atoms with Gasteiger partial charge in [0.1, 0.15) is 0 Å². The summed E-state index contributed by atoms with van der Waals surface area (Å²) in [6, 6.07) is 14.1. The molecule has 0 aliphatic carbocycles. The Morgan fingerprint density at radius 3 is 2.49 bits per heavy atom. The van der Waals surface area contributed by atoms with Gasteiger partial charge in [-0.1, -0.05) is 24.3 Å². The van der Waals surface area contributed by atoms with E-state index in [2.05, 4.69) is 71.6 Å². The first-order chi connectivity index (χ1) is 22.1. The average molecular weight is 613 g/mol. The molecule has 4 aliphatic rings. The predicted octanol–water partition coefficient (Wildman–Crippen LogP) is 4.34. The van der Waals surface area contributed by atoms with Crippen LogP contribution in [0.5, 0.6) is 0 Å². The number of carbonyl (C=O) groups excluding carboxylic acids is 1. The number of anilines is 1. The van der Waals surface area contributed by atoms with Crippen LogP contribution >= 0.6 is 0 Å². The molecule has 1 unspecified atom stereocenters. The van der Waals surface area contributed by atoms with Crippen molar-refractivity contribution in [3.05, 3.63) is 59.3 Å². The van der Waals surface area contributed by atoms with Gasteiger partial charge in [0.15, 0.2) is 0 Å². The number of piperidine rings is 2. The summed E-state index contributed by atoms with van der Waals surface area (Å²) in [7, 11) is 0. The van der Waals surface area contributed by atoms with E-state index in [4.69, 9.17) is 0 Å². The van der Waals surface area contributed by atoms with Gasteiger partial charge in [-0.25, -0.2) is 4.79 Å². The van der Waals surface area contributed by atoms with Crippen molar-refractivity contribution in [2.45, 2.75) is 64.0 Å². The second-order valence-electron chi connectivity index (χ2n) is 14.0. The van der Waals surface area contributed by atoms with Gasteiger partial charge in [0, 0.05) is 75.5 Å². The number of aromatic nitrogens is 2. The normalized spacial score (nSPS) is 22.3. The van der Waals surface area contributed by atoms with Crippen molar-refractivity contribution in [1.82, 2.24) is 35.1 Å². The zero-order valence-electron chi connectivity index (χ0n) is 27.1. The number of aromatic amines is 1. The number of para-hydroxylation sites is 1. The summed E-state index contributed by atoms with van der Waals surface area (Å²) in [5.74, 6) is 0.622. The monoisotopic (exact) mass is 612 g/mol. The van der Waals surface area contributed by atoms with Crippen LogP contribution in [0.15, 0.2) is 42.6 Å². The Morgan fingerprint density at radius 2 is 1.67 bits per heavy atom. The van der Waals surface area contributed by atoms with Crippen molar-refractivity contribution < 1.29 is 4.79 Å². The van der Waals surface area contributed by atoms with E-state index in [0.717, 1.165) is 82.2 Å². The fourth-order valence-corrected chi connectivity index (χ4v) is 8.46. The number of aryl methyl sites for hydroxylation is 1. The van der Waals surface area contributed by atoms with Crippen LogP contribution in [-0.2, 0) is 12.8 Å². The van der Waals surface area contributed by atoms with Gasteiger partial charge < -0.3 is 25.3 Å². The molecule has 0 radical (unpaired) electrons. The van der Waals surface area contributed by atoms with Crippen LogP contribution in [-0.4, -0.2) is 120 Å². The number of carbonyl (C=O) groups is 1. The number of urea groups is 1. The van der Waals surface area contributed by atoms with Crippen LogP contribution in [0.25, 0.3) is 10.9 Å². The molecule has 0 spiro atoms. The molecular weight excluding hydrogens is 560 g/mol. The van der Waals surface area contributed by atoms with Gasteiger partial charge in [-0.15, -0.1) is 0 Å². The van der Waals surface area contributed by atoms with E-state index in [1.807, 2.05) is 18.3 Å². The third-order valence-electron chi connectivity index (χ3n) is 11.1. The zero-order chi connectivity index (χ0) is 30.6. The number of benzene rings is 2. The summed E-state index contributed by atoms with van der Waals surface area (Å²) in [5, 5.41) is 15.4. The SMILES string of the molecule is Cc1cc(CC(CCN2CCC(N3CCc4ccccc4NC3=O)CC2)CN2CCC(N3CCNCC3)CC2)cc2cn[nH]c12. The lowest BCUT2D eigenvalue weighted by molar-refractivity contribution is 0.0854. The summed E-state index contributed by atoms with van der Waals surface area (Å²) in [4.78, 5) is 23.4. The largest absolute Gasteiger partial charge is 0.322 e. The lowest BCUT2D eigenvalue weighted by Crippen LogP contribution is -2.52. The molecule has 5 heterocycles. The number of H-pyrrole nitrogens is 1. The minimum absolute atomic E-state index is 0.0732. The number of likely N-dealkylation sites (tertiary alicyclic amines) is 2. The van der Waals surface area contributed by atoms with E-state index in [9.17, 15) is 4.79 Å². The van der Waals surface area contributed by atoms with Gasteiger partial charge in [0.05, 0.1) is 11.7 Å². The van der Waals surface area contributed by atoms with E-state index in [-0.39, 0.29) is 6.03 Å². The van der Waals surface area contributed by atoms with Gasteiger partial charge in [0.2, 0.25) is 0 Å². The van der Waals surface area contributed by atoms with Crippen molar-refractivity contribution in [2.24, 2.45) is 5.92 Å². The summed E-state index contributed by atoms with van der Waals surface area (Å²) in [6.45, 7) is 14.6. The summed E-state index contributed by atoms with van der Waals surface area (Å²) < 4.78 is 0. The molecular formula is C36H52N8O. The van der Waals surface area contributed by atoms with E-state index in [1.54, 1.807) is 0 Å². The summed E-state index contributed by atoms with van der Waals surface area (Å²) >= 11 is 0. The molecule has 242 valence electrons. The van der Waals surface area contributed by atoms with Gasteiger partial charge in [-0.3, -0.25) is 10.00 Å². The maximum atomic E-state index is 13.1. The molecule has 7 rings (SSSR count). The van der Waals surface area contributed by atoms with Crippen molar-refractivity contribution in [1.29, 1.82) is 0 Å². The standard InChI is InChI=1S/C36H52N8O/c1-27-22-29(24-31-25-38-40-35(27)31)23-28(26-42-17-8-32(9-18-42)43-20-12-37-13-21-43)6-14-41-15-10-33(11-16-41)44-19-7-30-4-2-3-5-34(30)39-36(44)45/h2-5,22,24-25,28,32-33,37H,6-21,23,26H2,1H3,(H,38,40)(H,39,45). The smallest absolute Gasteiger partial charge is 0.321 e. The molecule has 2 aromatic carbocycles. The lowest BCUT2D eigenvalue weighted by atomic mass is 9.92. The Labute approximate surface area is 268 Å². The molecule has 3 N–H and O–H groups in total. The molecule has 3 fully saturated rings. The second kappa shape index (κ2) is 14.2. The topological polar surface area (TPSA) is 82.8 Å². The van der Waals surface area contributed by atoms with Gasteiger partial charge in [-0.05, 0) is 106 Å². The molecule has 4 aliphatic heterocycles. The molecule has 45 heavy (non-hydrogen) atoms. The van der Waals surface area contributed by atoms with Crippen LogP contribution in [0.1, 0.15) is 48.8 Å². The number of fused-ring (bicyclic) bond motifs is 2. The summed E-state index contributed by atoms with van der Waals surface area (Å²) in [5.41, 5.74) is 6.11. The first-order valence-electron chi connectivity index (χ1n) is 17.6. The van der Waals surface area contributed by atoms with E-state index < -0.39 is 0 Å². The Bertz CT molecular complexity index is 1420. The van der Waals surface area contributed by atoms with Crippen LogP contribution in [0.4, 0.5) is 10.5 Å². The highest BCUT2D eigenvalue weighted by atomic mass is 16.2. The molecule has 0 saturated carbocycles.